The lowest BCUT2D eigenvalue weighted by molar-refractivity contribution is -0.128. The number of carbonyl (C=O) groups excluding carboxylic acids is 1. The second kappa shape index (κ2) is 10.6. The Morgan fingerprint density at radius 1 is 1.11 bits per heavy atom. The molecule has 8 heteroatoms. The number of nitrogens with zero attached hydrogens (tertiary/aromatic N) is 1. The van der Waals surface area contributed by atoms with Gasteiger partial charge in [-0.05, 0) is 54.5 Å². The van der Waals surface area contributed by atoms with Gasteiger partial charge in [0.05, 0.1) is 12.5 Å². The molecule has 1 unspecified atom stereocenters. The van der Waals surface area contributed by atoms with E-state index in [-0.39, 0.29) is 11.6 Å². The standard InChI is InChI=1S/C27H20Cl2N2O4/c1-2-33-19-8-4-17(5-9-19)26-21-11-10-20(14-24(21)35-27(31)22(26)15-30)34-25(32)12-6-16-3-7-18(28)13-23(16)29/h3-14,26H,2,31H2,1H3/b12-6+. The SMILES string of the molecule is CCOc1ccc(C2C(C#N)=C(N)Oc3cc(OC(=O)/C=C/c4ccc(Cl)cc4Cl)ccc32)cc1. The molecule has 0 saturated carbocycles. The van der Waals surface area contributed by atoms with Crippen LogP contribution in [0.3, 0.4) is 0 Å². The summed E-state index contributed by atoms with van der Waals surface area (Å²) in [6.45, 7) is 2.46. The third kappa shape index (κ3) is 5.43. The number of rotatable bonds is 6. The molecule has 1 aliphatic rings. The van der Waals surface area contributed by atoms with E-state index in [1.165, 1.54) is 12.2 Å². The summed E-state index contributed by atoms with van der Waals surface area (Å²) in [4.78, 5) is 12.4. The van der Waals surface area contributed by atoms with E-state index in [1.807, 2.05) is 31.2 Å². The molecule has 0 aromatic heterocycles. The molecule has 2 N–H and O–H groups in total. The van der Waals surface area contributed by atoms with Gasteiger partial charge in [-0.25, -0.2) is 4.79 Å². The van der Waals surface area contributed by atoms with Crippen LogP contribution >= 0.6 is 23.2 Å². The molecule has 0 spiro atoms. The largest absolute Gasteiger partial charge is 0.494 e. The van der Waals surface area contributed by atoms with Crippen molar-refractivity contribution in [1.29, 1.82) is 5.26 Å². The van der Waals surface area contributed by atoms with Crippen LogP contribution in [0.15, 0.2) is 78.2 Å². The van der Waals surface area contributed by atoms with Crippen molar-refractivity contribution >= 4 is 35.2 Å². The highest BCUT2D eigenvalue weighted by molar-refractivity contribution is 6.35. The minimum atomic E-state index is -0.601. The molecule has 0 bridgehead atoms. The van der Waals surface area contributed by atoms with Crippen LogP contribution in [0, 0.1) is 11.3 Å². The number of carbonyl (C=O) groups is 1. The highest BCUT2D eigenvalue weighted by Gasteiger charge is 2.31. The number of nitriles is 1. The van der Waals surface area contributed by atoms with E-state index in [2.05, 4.69) is 6.07 Å². The van der Waals surface area contributed by atoms with Gasteiger partial charge >= 0.3 is 5.97 Å². The van der Waals surface area contributed by atoms with Gasteiger partial charge in [-0.1, -0.05) is 47.5 Å². The molecule has 6 nitrogen and oxygen atoms in total. The van der Waals surface area contributed by atoms with E-state index in [1.54, 1.807) is 36.4 Å². The second-order valence-electron chi connectivity index (χ2n) is 7.55. The Morgan fingerprint density at radius 3 is 2.54 bits per heavy atom. The number of benzene rings is 3. The maximum Gasteiger partial charge on any atom is 0.336 e. The van der Waals surface area contributed by atoms with Crippen LogP contribution in [0.5, 0.6) is 17.2 Å². The van der Waals surface area contributed by atoms with E-state index in [4.69, 9.17) is 43.1 Å². The molecule has 0 saturated heterocycles. The topological polar surface area (TPSA) is 94.6 Å². The van der Waals surface area contributed by atoms with Crippen molar-refractivity contribution in [2.45, 2.75) is 12.8 Å². The van der Waals surface area contributed by atoms with Crippen molar-refractivity contribution in [3.8, 4) is 23.3 Å². The Hall–Kier alpha value is -3.92. The van der Waals surface area contributed by atoms with Gasteiger partial charge in [-0.2, -0.15) is 5.26 Å². The Labute approximate surface area is 212 Å². The zero-order chi connectivity index (χ0) is 24.9. The average molecular weight is 507 g/mol. The van der Waals surface area contributed by atoms with E-state index >= 15 is 0 Å². The first-order valence-electron chi connectivity index (χ1n) is 10.7. The van der Waals surface area contributed by atoms with Gasteiger partial charge < -0.3 is 19.9 Å². The molecular formula is C27H20Cl2N2O4. The molecule has 1 heterocycles. The minimum absolute atomic E-state index is 0.000336. The molecule has 3 aromatic carbocycles. The summed E-state index contributed by atoms with van der Waals surface area (Å²) in [6, 6.07) is 19.5. The first-order valence-corrected chi connectivity index (χ1v) is 11.4. The summed E-state index contributed by atoms with van der Waals surface area (Å²) < 4.78 is 16.6. The number of allylic oxidation sites excluding steroid dienone is 1. The first-order chi connectivity index (χ1) is 16.9. The van der Waals surface area contributed by atoms with Crippen molar-refractivity contribution in [2.75, 3.05) is 6.61 Å². The quantitative estimate of drug-likeness (QED) is 0.242. The highest BCUT2D eigenvalue weighted by Crippen LogP contribution is 2.43. The summed E-state index contributed by atoms with van der Waals surface area (Å²) in [5.74, 6) is 0.357. The lowest BCUT2D eigenvalue weighted by Gasteiger charge is -2.26. The number of nitrogens with two attached hydrogens (primary N) is 1. The lowest BCUT2D eigenvalue weighted by Crippen LogP contribution is -2.21. The van der Waals surface area contributed by atoms with Crippen LogP contribution in [-0.4, -0.2) is 12.6 Å². The molecule has 3 aromatic rings. The van der Waals surface area contributed by atoms with Crippen LogP contribution in [0.4, 0.5) is 0 Å². The third-order valence-corrected chi connectivity index (χ3v) is 5.86. The fourth-order valence-electron chi connectivity index (χ4n) is 3.71. The summed E-state index contributed by atoms with van der Waals surface area (Å²) in [6.07, 6.45) is 2.80. The average Bonchev–Trinajstić information content (AvgIpc) is 2.83. The predicted molar refractivity (Wildman–Crippen MR) is 134 cm³/mol. The Morgan fingerprint density at radius 2 is 1.86 bits per heavy atom. The van der Waals surface area contributed by atoms with Gasteiger partial charge in [0.25, 0.3) is 0 Å². The van der Waals surface area contributed by atoms with Gasteiger partial charge in [0.15, 0.2) is 0 Å². The maximum absolute atomic E-state index is 12.4. The number of ether oxygens (including phenoxy) is 3. The predicted octanol–water partition coefficient (Wildman–Crippen LogP) is 6.23. The fourth-order valence-corrected chi connectivity index (χ4v) is 4.18. The van der Waals surface area contributed by atoms with Gasteiger partial charge in [-0.15, -0.1) is 0 Å². The zero-order valence-electron chi connectivity index (χ0n) is 18.6. The summed E-state index contributed by atoms with van der Waals surface area (Å²) in [5.41, 5.74) is 8.57. The van der Waals surface area contributed by atoms with Crippen LogP contribution in [0.1, 0.15) is 29.5 Å². The summed E-state index contributed by atoms with van der Waals surface area (Å²) >= 11 is 12.0. The van der Waals surface area contributed by atoms with Gasteiger partial charge in [0.1, 0.15) is 28.9 Å². The van der Waals surface area contributed by atoms with Crippen molar-refractivity contribution in [2.24, 2.45) is 5.73 Å². The Kier molecular flexibility index (Phi) is 7.31. The second-order valence-corrected chi connectivity index (χ2v) is 8.39. The van der Waals surface area contributed by atoms with E-state index < -0.39 is 11.9 Å². The molecule has 0 aliphatic carbocycles. The van der Waals surface area contributed by atoms with Gasteiger partial charge in [0, 0.05) is 27.8 Å². The Bertz CT molecular complexity index is 1370. The smallest absolute Gasteiger partial charge is 0.336 e. The van der Waals surface area contributed by atoms with Gasteiger partial charge in [-0.3, -0.25) is 0 Å². The maximum atomic E-state index is 12.4. The molecular weight excluding hydrogens is 487 g/mol. The third-order valence-electron chi connectivity index (χ3n) is 5.29. The fraction of sp³-hybridized carbons (Fsp3) is 0.111. The number of hydrogen-bond donors (Lipinski definition) is 1. The normalized spacial score (nSPS) is 14.7. The molecule has 4 rings (SSSR count). The van der Waals surface area contributed by atoms with E-state index in [9.17, 15) is 10.1 Å². The number of halogens is 2. The van der Waals surface area contributed by atoms with Crippen molar-refractivity contribution in [3.05, 3.63) is 105 Å². The number of fused-ring (bicyclic) bond motifs is 1. The molecule has 1 aliphatic heterocycles. The molecule has 1 atom stereocenters. The summed E-state index contributed by atoms with van der Waals surface area (Å²) in [7, 11) is 0. The van der Waals surface area contributed by atoms with E-state index in [0.29, 0.717) is 33.5 Å². The summed E-state index contributed by atoms with van der Waals surface area (Å²) in [5, 5.41) is 10.6. The van der Waals surface area contributed by atoms with Crippen LogP contribution < -0.4 is 19.9 Å². The van der Waals surface area contributed by atoms with Crippen molar-refractivity contribution < 1.29 is 19.0 Å². The monoisotopic (exact) mass is 506 g/mol. The molecule has 0 radical (unpaired) electrons. The molecule has 176 valence electrons. The van der Waals surface area contributed by atoms with Crippen LogP contribution in [-0.2, 0) is 4.79 Å². The number of hydrogen-bond acceptors (Lipinski definition) is 6. The van der Waals surface area contributed by atoms with E-state index in [0.717, 1.165) is 16.9 Å². The van der Waals surface area contributed by atoms with Crippen molar-refractivity contribution in [1.82, 2.24) is 0 Å². The van der Waals surface area contributed by atoms with Gasteiger partial charge in [0.2, 0.25) is 5.88 Å². The molecule has 35 heavy (non-hydrogen) atoms. The van der Waals surface area contributed by atoms with Crippen LogP contribution in [0.2, 0.25) is 10.0 Å². The number of esters is 1. The van der Waals surface area contributed by atoms with Crippen LogP contribution in [0.25, 0.3) is 6.08 Å². The minimum Gasteiger partial charge on any atom is -0.494 e. The molecule has 0 amide bonds. The first kappa shape index (κ1) is 24.2. The zero-order valence-corrected chi connectivity index (χ0v) is 20.1. The Balaban J connectivity index is 1.58. The lowest BCUT2D eigenvalue weighted by atomic mass is 9.83. The highest BCUT2D eigenvalue weighted by atomic mass is 35.5. The molecule has 0 fully saturated rings. The van der Waals surface area contributed by atoms with Crippen molar-refractivity contribution in [3.63, 3.8) is 0 Å².